The molecule has 1 heterocycles. The molecule has 6 heteroatoms. The van der Waals surface area contributed by atoms with E-state index >= 15 is 0 Å². The number of methoxy groups -OCH3 is 1. The van der Waals surface area contributed by atoms with Gasteiger partial charge < -0.3 is 24.5 Å². The number of phenols is 3. The molecule has 0 amide bonds. The molecule has 2 aromatic carbocycles. The molecule has 3 N–H and O–H groups in total. The minimum Gasteiger partial charge on any atom is -0.508 e. The molecule has 3 aromatic rings. The van der Waals surface area contributed by atoms with Crippen molar-refractivity contribution in [3.05, 3.63) is 46.8 Å². The molecule has 0 saturated heterocycles. The highest BCUT2D eigenvalue weighted by Crippen LogP contribution is 2.39. The zero-order valence-electron chi connectivity index (χ0n) is 11.5. The van der Waals surface area contributed by atoms with Crippen LogP contribution in [0.2, 0.25) is 0 Å². The molecule has 6 nitrogen and oxygen atoms in total. The highest BCUT2D eigenvalue weighted by Gasteiger charge is 2.19. The van der Waals surface area contributed by atoms with E-state index < -0.39 is 11.2 Å². The van der Waals surface area contributed by atoms with Crippen molar-refractivity contribution in [3.8, 4) is 34.1 Å². The maximum atomic E-state index is 12.6. The van der Waals surface area contributed by atoms with Crippen LogP contribution in [0.1, 0.15) is 0 Å². The molecule has 112 valence electrons. The van der Waals surface area contributed by atoms with E-state index in [9.17, 15) is 20.1 Å². The summed E-state index contributed by atoms with van der Waals surface area (Å²) in [7, 11) is 1.32. The number of aromatic hydroxyl groups is 3. The van der Waals surface area contributed by atoms with Gasteiger partial charge in [-0.15, -0.1) is 0 Å². The molecule has 0 bridgehead atoms. The molecule has 0 aliphatic heterocycles. The van der Waals surface area contributed by atoms with Crippen LogP contribution in [-0.2, 0) is 0 Å². The minimum atomic E-state index is -0.470. The van der Waals surface area contributed by atoms with Crippen molar-refractivity contribution in [2.75, 3.05) is 7.11 Å². The number of phenolic OH excluding ortho intramolecular Hbond substituents is 3. The smallest absolute Gasteiger partial charge is 0.204 e. The summed E-state index contributed by atoms with van der Waals surface area (Å²) in [6, 6.07) is 7.02. The Morgan fingerprint density at radius 1 is 1.05 bits per heavy atom. The Bertz CT molecular complexity index is 909. The lowest BCUT2D eigenvalue weighted by Gasteiger charge is -2.09. The summed E-state index contributed by atoms with van der Waals surface area (Å²) < 4.78 is 10.4. The van der Waals surface area contributed by atoms with Crippen LogP contribution in [-0.4, -0.2) is 22.4 Å². The van der Waals surface area contributed by atoms with Gasteiger partial charge in [0.25, 0.3) is 0 Å². The van der Waals surface area contributed by atoms with Gasteiger partial charge in [0.05, 0.1) is 12.7 Å². The van der Waals surface area contributed by atoms with E-state index in [1.165, 1.54) is 25.5 Å². The van der Waals surface area contributed by atoms with Gasteiger partial charge in [-0.3, -0.25) is 4.79 Å². The van der Waals surface area contributed by atoms with Gasteiger partial charge in [-0.2, -0.15) is 0 Å². The van der Waals surface area contributed by atoms with E-state index in [1.54, 1.807) is 12.1 Å². The zero-order chi connectivity index (χ0) is 15.9. The van der Waals surface area contributed by atoms with Crippen LogP contribution in [0, 0.1) is 0 Å². The Balaban J connectivity index is 2.35. The molecule has 0 fully saturated rings. The van der Waals surface area contributed by atoms with Crippen molar-refractivity contribution in [2.45, 2.75) is 0 Å². The second kappa shape index (κ2) is 5.00. The van der Waals surface area contributed by atoms with Crippen LogP contribution < -0.4 is 10.2 Å². The summed E-state index contributed by atoms with van der Waals surface area (Å²) in [5, 5.41) is 28.9. The lowest BCUT2D eigenvalue weighted by molar-refractivity contribution is 0.367. The number of benzene rings is 2. The summed E-state index contributed by atoms with van der Waals surface area (Å²) in [6.45, 7) is 0. The van der Waals surface area contributed by atoms with Gasteiger partial charge in [0, 0.05) is 6.07 Å². The normalized spacial score (nSPS) is 10.8. The third-order valence-electron chi connectivity index (χ3n) is 3.34. The molecule has 0 spiro atoms. The Hall–Kier alpha value is -3.15. The second-order valence-electron chi connectivity index (χ2n) is 4.68. The van der Waals surface area contributed by atoms with Gasteiger partial charge in [0.2, 0.25) is 11.2 Å². The number of fused-ring (bicyclic) bond motifs is 1. The van der Waals surface area contributed by atoms with Crippen molar-refractivity contribution in [2.24, 2.45) is 0 Å². The van der Waals surface area contributed by atoms with E-state index in [4.69, 9.17) is 9.15 Å². The number of ether oxygens (including phenoxy) is 1. The summed E-state index contributed by atoms with van der Waals surface area (Å²) in [4.78, 5) is 12.6. The molecule has 0 aliphatic rings. The Kier molecular flexibility index (Phi) is 3.14. The van der Waals surface area contributed by atoms with Crippen molar-refractivity contribution in [3.63, 3.8) is 0 Å². The van der Waals surface area contributed by atoms with Crippen LogP contribution in [0.15, 0.2) is 45.8 Å². The molecule has 0 radical (unpaired) electrons. The predicted octanol–water partition coefficient (Wildman–Crippen LogP) is 2.59. The summed E-state index contributed by atoms with van der Waals surface area (Å²) in [5.74, 6) is -0.679. The molecular weight excluding hydrogens is 288 g/mol. The average Bonchev–Trinajstić information content (AvgIpc) is 2.48. The molecular formula is C16H12O6. The number of rotatable bonds is 2. The van der Waals surface area contributed by atoms with E-state index in [2.05, 4.69) is 0 Å². The Labute approximate surface area is 124 Å². The topological polar surface area (TPSA) is 100 Å². The molecule has 3 rings (SSSR count). The van der Waals surface area contributed by atoms with Crippen LogP contribution >= 0.6 is 0 Å². The third-order valence-corrected chi connectivity index (χ3v) is 3.34. The maximum absolute atomic E-state index is 12.6. The fourth-order valence-corrected chi connectivity index (χ4v) is 2.29. The summed E-state index contributed by atoms with van der Waals surface area (Å²) in [6.07, 6.45) is 1.22. The van der Waals surface area contributed by atoms with E-state index in [1.807, 2.05) is 0 Å². The molecule has 0 unspecified atom stereocenters. The SMILES string of the molecule is COc1c(O)cc(O)c2c(=O)c(-c3ccc(O)cc3)coc12. The third kappa shape index (κ3) is 2.01. The molecule has 22 heavy (non-hydrogen) atoms. The lowest BCUT2D eigenvalue weighted by Crippen LogP contribution is -2.05. The Morgan fingerprint density at radius 2 is 1.73 bits per heavy atom. The van der Waals surface area contributed by atoms with Crippen molar-refractivity contribution in [1.29, 1.82) is 0 Å². The largest absolute Gasteiger partial charge is 0.508 e. The summed E-state index contributed by atoms with van der Waals surface area (Å²) >= 11 is 0. The van der Waals surface area contributed by atoms with E-state index in [0.717, 1.165) is 6.07 Å². The first-order chi connectivity index (χ1) is 10.5. The van der Waals surface area contributed by atoms with E-state index in [-0.39, 0.29) is 33.8 Å². The number of hydrogen-bond acceptors (Lipinski definition) is 6. The lowest BCUT2D eigenvalue weighted by atomic mass is 10.0. The van der Waals surface area contributed by atoms with Gasteiger partial charge in [-0.05, 0) is 17.7 Å². The standard InChI is InChI=1S/C16H12O6/c1-21-15-12(19)6-11(18)13-14(20)10(7-22-16(13)15)8-2-4-9(17)5-3-8/h2-7,17-19H,1H3. The fourth-order valence-electron chi connectivity index (χ4n) is 2.29. The summed E-state index contributed by atoms with van der Waals surface area (Å²) in [5.41, 5.74) is 0.241. The monoisotopic (exact) mass is 300 g/mol. The van der Waals surface area contributed by atoms with Gasteiger partial charge in [0.1, 0.15) is 23.1 Å². The average molecular weight is 300 g/mol. The van der Waals surface area contributed by atoms with Crippen molar-refractivity contribution < 1.29 is 24.5 Å². The maximum Gasteiger partial charge on any atom is 0.204 e. The number of hydrogen-bond donors (Lipinski definition) is 3. The highest BCUT2D eigenvalue weighted by atomic mass is 16.5. The van der Waals surface area contributed by atoms with Gasteiger partial charge in [0.15, 0.2) is 11.3 Å². The second-order valence-corrected chi connectivity index (χ2v) is 4.68. The van der Waals surface area contributed by atoms with Gasteiger partial charge >= 0.3 is 0 Å². The first kappa shape index (κ1) is 13.8. The van der Waals surface area contributed by atoms with Crippen LogP contribution in [0.25, 0.3) is 22.1 Å². The quantitative estimate of drug-likeness (QED) is 0.672. The first-order valence-electron chi connectivity index (χ1n) is 6.36. The zero-order valence-corrected chi connectivity index (χ0v) is 11.5. The first-order valence-corrected chi connectivity index (χ1v) is 6.36. The molecule has 0 aliphatic carbocycles. The van der Waals surface area contributed by atoms with Crippen LogP contribution in [0.4, 0.5) is 0 Å². The predicted molar refractivity (Wildman–Crippen MR) is 79.5 cm³/mol. The van der Waals surface area contributed by atoms with Crippen LogP contribution in [0.5, 0.6) is 23.0 Å². The van der Waals surface area contributed by atoms with Crippen molar-refractivity contribution in [1.82, 2.24) is 0 Å². The Morgan fingerprint density at radius 3 is 2.36 bits per heavy atom. The van der Waals surface area contributed by atoms with Crippen molar-refractivity contribution >= 4 is 11.0 Å². The molecule has 0 atom stereocenters. The molecule has 0 saturated carbocycles. The van der Waals surface area contributed by atoms with Gasteiger partial charge in [-0.1, -0.05) is 12.1 Å². The minimum absolute atomic E-state index is 0.0258. The highest BCUT2D eigenvalue weighted by molar-refractivity contribution is 5.92. The fraction of sp³-hybridized carbons (Fsp3) is 0.0625. The van der Waals surface area contributed by atoms with E-state index in [0.29, 0.717) is 5.56 Å². The molecule has 1 aromatic heterocycles. The van der Waals surface area contributed by atoms with Gasteiger partial charge in [-0.25, -0.2) is 0 Å². The van der Waals surface area contributed by atoms with Crippen LogP contribution in [0.3, 0.4) is 0 Å².